The van der Waals surface area contributed by atoms with E-state index in [1.54, 1.807) is 0 Å². The summed E-state index contributed by atoms with van der Waals surface area (Å²) in [6.45, 7) is 0.818. The number of carbonyl (C=O) groups excluding carboxylic acids is 1. The summed E-state index contributed by atoms with van der Waals surface area (Å²) in [4.78, 5) is 11.4. The standard InChI is InChI=1S/C15H20N2O3/c18-12(8-16-11-3-4-11)9-20-13-5-1-10-2-6-15(19)17-14(10)7-13/h1,5,7,11-12,16,18H,2-4,6,8-9H2,(H,17,19). The first-order valence-corrected chi connectivity index (χ1v) is 7.18. The zero-order valence-electron chi connectivity index (χ0n) is 11.4. The molecule has 3 N–H and O–H groups in total. The minimum atomic E-state index is -0.513. The van der Waals surface area contributed by atoms with Crippen LogP contribution in [0.4, 0.5) is 5.69 Å². The fourth-order valence-corrected chi connectivity index (χ4v) is 2.28. The topological polar surface area (TPSA) is 70.6 Å². The highest BCUT2D eigenvalue weighted by Gasteiger charge is 2.21. The van der Waals surface area contributed by atoms with Crippen LogP contribution in [0.2, 0.25) is 0 Å². The number of amides is 1. The molecule has 2 aliphatic rings. The summed E-state index contributed by atoms with van der Waals surface area (Å²) in [5, 5.41) is 15.9. The number of carbonyl (C=O) groups is 1. The second-order valence-electron chi connectivity index (χ2n) is 5.51. The smallest absolute Gasteiger partial charge is 0.224 e. The van der Waals surface area contributed by atoms with Crippen LogP contribution in [0, 0.1) is 0 Å². The summed E-state index contributed by atoms with van der Waals surface area (Å²) in [6.07, 6.45) is 3.21. The van der Waals surface area contributed by atoms with Gasteiger partial charge in [-0.2, -0.15) is 0 Å². The van der Waals surface area contributed by atoms with E-state index in [1.807, 2.05) is 18.2 Å². The van der Waals surface area contributed by atoms with Gasteiger partial charge in [0.05, 0.1) is 0 Å². The van der Waals surface area contributed by atoms with Crippen molar-refractivity contribution in [3.05, 3.63) is 23.8 Å². The van der Waals surface area contributed by atoms with E-state index in [4.69, 9.17) is 4.74 Å². The van der Waals surface area contributed by atoms with Gasteiger partial charge in [-0.3, -0.25) is 4.79 Å². The Morgan fingerprint density at radius 1 is 1.40 bits per heavy atom. The molecule has 0 saturated heterocycles. The predicted octanol–water partition coefficient (Wildman–Crippen LogP) is 1.06. The third kappa shape index (κ3) is 3.49. The van der Waals surface area contributed by atoms with E-state index in [0.29, 0.717) is 24.8 Å². The number of hydrogen-bond donors (Lipinski definition) is 3. The number of aliphatic hydroxyl groups excluding tert-OH is 1. The van der Waals surface area contributed by atoms with E-state index >= 15 is 0 Å². The van der Waals surface area contributed by atoms with Crippen molar-refractivity contribution < 1.29 is 14.6 Å². The summed E-state index contributed by atoms with van der Waals surface area (Å²) in [7, 11) is 0. The predicted molar refractivity (Wildman–Crippen MR) is 75.9 cm³/mol. The van der Waals surface area contributed by atoms with Gasteiger partial charge in [-0.25, -0.2) is 0 Å². The SMILES string of the molecule is O=C1CCc2ccc(OCC(O)CNC3CC3)cc2N1. The van der Waals surface area contributed by atoms with E-state index in [2.05, 4.69) is 10.6 Å². The number of nitrogens with one attached hydrogen (secondary N) is 2. The minimum Gasteiger partial charge on any atom is -0.491 e. The van der Waals surface area contributed by atoms with Crippen LogP contribution in [-0.4, -0.2) is 36.3 Å². The van der Waals surface area contributed by atoms with Gasteiger partial charge in [-0.1, -0.05) is 6.07 Å². The van der Waals surface area contributed by atoms with Crippen LogP contribution in [0.15, 0.2) is 18.2 Å². The largest absolute Gasteiger partial charge is 0.491 e. The number of anilines is 1. The molecule has 1 aliphatic heterocycles. The number of hydrogen-bond acceptors (Lipinski definition) is 4. The number of benzene rings is 1. The minimum absolute atomic E-state index is 0.0447. The molecule has 1 aromatic carbocycles. The highest BCUT2D eigenvalue weighted by molar-refractivity contribution is 5.94. The Balaban J connectivity index is 1.51. The van der Waals surface area contributed by atoms with Crippen LogP contribution in [-0.2, 0) is 11.2 Å². The van der Waals surface area contributed by atoms with E-state index in [1.165, 1.54) is 12.8 Å². The molecule has 1 fully saturated rings. The number of rotatable bonds is 6. The molecule has 1 aromatic rings. The quantitative estimate of drug-likeness (QED) is 0.726. The summed E-state index contributed by atoms with van der Waals surface area (Å²) < 4.78 is 5.58. The van der Waals surface area contributed by atoms with Crippen molar-refractivity contribution in [2.24, 2.45) is 0 Å². The van der Waals surface area contributed by atoms with Gasteiger partial charge >= 0.3 is 0 Å². The lowest BCUT2D eigenvalue weighted by Crippen LogP contribution is -2.32. The van der Waals surface area contributed by atoms with Crippen LogP contribution in [0.25, 0.3) is 0 Å². The molecule has 5 heteroatoms. The van der Waals surface area contributed by atoms with Crippen molar-refractivity contribution in [3.63, 3.8) is 0 Å². The molecule has 0 aromatic heterocycles. The Bertz CT molecular complexity index is 500. The van der Waals surface area contributed by atoms with Crippen molar-refractivity contribution in [2.45, 2.75) is 37.8 Å². The van der Waals surface area contributed by atoms with Crippen LogP contribution in [0.3, 0.4) is 0 Å². The van der Waals surface area contributed by atoms with Crippen molar-refractivity contribution in [3.8, 4) is 5.75 Å². The third-order valence-corrected chi connectivity index (χ3v) is 3.64. The molecule has 1 aliphatic carbocycles. The number of ether oxygens (including phenoxy) is 1. The molecule has 20 heavy (non-hydrogen) atoms. The van der Waals surface area contributed by atoms with Gasteiger partial charge in [0.2, 0.25) is 5.91 Å². The molecule has 1 heterocycles. The first-order valence-electron chi connectivity index (χ1n) is 7.18. The molecular formula is C15H20N2O3. The Kier molecular flexibility index (Phi) is 3.89. The summed E-state index contributed by atoms with van der Waals surface area (Å²) in [6, 6.07) is 6.27. The van der Waals surface area contributed by atoms with Crippen LogP contribution in [0.1, 0.15) is 24.8 Å². The fourth-order valence-electron chi connectivity index (χ4n) is 2.28. The van der Waals surface area contributed by atoms with Crippen LogP contribution < -0.4 is 15.4 Å². The van der Waals surface area contributed by atoms with Gasteiger partial charge in [-0.15, -0.1) is 0 Å². The van der Waals surface area contributed by atoms with Gasteiger partial charge < -0.3 is 20.5 Å². The molecule has 1 unspecified atom stereocenters. The first-order chi connectivity index (χ1) is 9.70. The summed E-state index contributed by atoms with van der Waals surface area (Å²) >= 11 is 0. The Hall–Kier alpha value is -1.59. The van der Waals surface area contributed by atoms with Crippen LogP contribution >= 0.6 is 0 Å². The van der Waals surface area contributed by atoms with Gasteiger partial charge in [0.15, 0.2) is 0 Å². The van der Waals surface area contributed by atoms with Gasteiger partial charge in [0.25, 0.3) is 0 Å². The highest BCUT2D eigenvalue weighted by Crippen LogP contribution is 2.27. The maximum absolute atomic E-state index is 11.4. The summed E-state index contributed by atoms with van der Waals surface area (Å²) in [5.74, 6) is 0.722. The van der Waals surface area contributed by atoms with Crippen molar-refractivity contribution in [1.29, 1.82) is 0 Å². The second-order valence-corrected chi connectivity index (χ2v) is 5.51. The Labute approximate surface area is 118 Å². The van der Waals surface area contributed by atoms with E-state index < -0.39 is 6.10 Å². The first kappa shape index (κ1) is 13.4. The average Bonchev–Trinajstić information content (AvgIpc) is 3.26. The molecule has 0 radical (unpaired) electrons. The van der Waals surface area contributed by atoms with Crippen molar-refractivity contribution in [2.75, 3.05) is 18.5 Å². The van der Waals surface area contributed by atoms with Gasteiger partial charge in [-0.05, 0) is 30.9 Å². The van der Waals surface area contributed by atoms with Gasteiger partial charge in [0.1, 0.15) is 18.5 Å². The lowest BCUT2D eigenvalue weighted by atomic mass is 10.0. The van der Waals surface area contributed by atoms with Crippen molar-refractivity contribution >= 4 is 11.6 Å². The highest BCUT2D eigenvalue weighted by atomic mass is 16.5. The monoisotopic (exact) mass is 276 g/mol. The zero-order chi connectivity index (χ0) is 13.9. The Morgan fingerprint density at radius 2 is 2.25 bits per heavy atom. The van der Waals surface area contributed by atoms with E-state index in [9.17, 15) is 9.90 Å². The summed E-state index contributed by atoms with van der Waals surface area (Å²) in [5.41, 5.74) is 1.96. The maximum atomic E-state index is 11.4. The average molecular weight is 276 g/mol. The maximum Gasteiger partial charge on any atom is 0.224 e. The molecule has 1 atom stereocenters. The number of aryl methyl sites for hydroxylation is 1. The van der Waals surface area contributed by atoms with Crippen LogP contribution in [0.5, 0.6) is 5.75 Å². The fraction of sp³-hybridized carbons (Fsp3) is 0.533. The molecule has 3 rings (SSSR count). The molecule has 1 saturated carbocycles. The van der Waals surface area contributed by atoms with E-state index in [0.717, 1.165) is 17.7 Å². The molecule has 1 amide bonds. The second kappa shape index (κ2) is 5.81. The van der Waals surface area contributed by atoms with Crippen molar-refractivity contribution in [1.82, 2.24) is 5.32 Å². The lowest BCUT2D eigenvalue weighted by molar-refractivity contribution is -0.116. The Morgan fingerprint density at radius 3 is 3.05 bits per heavy atom. The third-order valence-electron chi connectivity index (χ3n) is 3.64. The lowest BCUT2D eigenvalue weighted by Gasteiger charge is -2.18. The molecular weight excluding hydrogens is 256 g/mol. The normalized spacial score (nSPS) is 19.1. The van der Waals surface area contributed by atoms with E-state index in [-0.39, 0.29) is 12.5 Å². The zero-order valence-corrected chi connectivity index (χ0v) is 11.4. The molecule has 0 spiro atoms. The molecule has 108 valence electrons. The molecule has 5 nitrogen and oxygen atoms in total. The number of fused-ring (bicyclic) bond motifs is 1. The number of aliphatic hydroxyl groups is 1. The van der Waals surface area contributed by atoms with Gasteiger partial charge in [0, 0.05) is 30.8 Å². The molecule has 0 bridgehead atoms.